The molecule has 5 nitrogen and oxygen atoms in total. The summed E-state index contributed by atoms with van der Waals surface area (Å²) in [5, 5.41) is 6.16. The lowest BCUT2D eigenvalue weighted by Gasteiger charge is -2.45. The van der Waals surface area contributed by atoms with Crippen LogP contribution in [0.3, 0.4) is 0 Å². The summed E-state index contributed by atoms with van der Waals surface area (Å²) in [5.41, 5.74) is 19.3. The van der Waals surface area contributed by atoms with E-state index in [1.165, 1.54) is 75.5 Å². The van der Waals surface area contributed by atoms with Crippen LogP contribution in [0.2, 0.25) is 0 Å². The highest BCUT2D eigenvalue weighted by Gasteiger charge is 2.49. The zero-order valence-corrected chi connectivity index (χ0v) is 38.0. The number of thiophene rings is 1. The minimum Gasteiger partial charge on any atom is -0.468 e. The van der Waals surface area contributed by atoms with Gasteiger partial charge in [-0.1, -0.05) is 136 Å². The molecule has 9 aromatic carbocycles. The van der Waals surface area contributed by atoms with Crippen molar-refractivity contribution >= 4 is 139 Å². The Kier molecular flexibility index (Phi) is 7.40. The molecule has 0 saturated heterocycles. The van der Waals surface area contributed by atoms with E-state index >= 15 is 0 Å². The summed E-state index contributed by atoms with van der Waals surface area (Å²) in [6.07, 6.45) is 0. The van der Waals surface area contributed by atoms with Crippen molar-refractivity contribution < 1.29 is 4.42 Å². The molecule has 12 aromatic rings. The number of nitrogens with zero attached hydrogens (tertiary/aromatic N) is 4. The Morgan fingerprint density at radius 2 is 1.12 bits per heavy atom. The van der Waals surface area contributed by atoms with Crippen LogP contribution in [0.5, 0.6) is 0 Å². The summed E-state index contributed by atoms with van der Waals surface area (Å²) >= 11 is 1.88. The predicted molar refractivity (Wildman–Crippen MR) is 284 cm³/mol. The second-order valence-electron chi connectivity index (χ2n) is 19.3. The van der Waals surface area contributed by atoms with E-state index in [1.54, 1.807) is 0 Å². The van der Waals surface area contributed by atoms with Gasteiger partial charge in [-0.2, -0.15) is 0 Å². The molecule has 3 aliphatic heterocycles. The van der Waals surface area contributed by atoms with Crippen molar-refractivity contribution in [3.63, 3.8) is 0 Å². The van der Waals surface area contributed by atoms with Crippen LogP contribution in [0.15, 0.2) is 199 Å². The Morgan fingerprint density at radius 3 is 1.88 bits per heavy atom. The summed E-state index contributed by atoms with van der Waals surface area (Å²) in [6, 6.07) is 71.8. The first-order chi connectivity index (χ1) is 32.9. The Labute approximate surface area is 392 Å². The molecule has 0 unspecified atom stereocenters. The highest BCUT2D eigenvalue weighted by molar-refractivity contribution is 7.26. The molecule has 0 radical (unpaired) electrons. The molecular weight excluding hydrogens is 836 g/mol. The molecule has 3 aliphatic rings. The van der Waals surface area contributed by atoms with Crippen LogP contribution in [0.1, 0.15) is 26.3 Å². The Morgan fingerprint density at radius 1 is 0.493 bits per heavy atom. The summed E-state index contributed by atoms with van der Waals surface area (Å²) in [6.45, 7) is 6.71. The van der Waals surface area contributed by atoms with Crippen molar-refractivity contribution in [2.75, 3.05) is 14.7 Å². The number of anilines is 9. The Hall–Kier alpha value is -8.00. The zero-order valence-electron chi connectivity index (χ0n) is 37.2. The van der Waals surface area contributed by atoms with E-state index in [9.17, 15) is 0 Å². The van der Waals surface area contributed by atoms with Gasteiger partial charge in [-0.25, -0.2) is 0 Å². The number of rotatable bonds is 4. The van der Waals surface area contributed by atoms with Gasteiger partial charge in [-0.15, -0.1) is 11.3 Å². The van der Waals surface area contributed by atoms with Crippen LogP contribution in [0, 0.1) is 0 Å². The van der Waals surface area contributed by atoms with Crippen LogP contribution in [0.25, 0.3) is 58.6 Å². The highest BCUT2D eigenvalue weighted by atomic mass is 32.1. The van der Waals surface area contributed by atoms with Gasteiger partial charge in [0.15, 0.2) is 0 Å². The second-order valence-corrected chi connectivity index (χ2v) is 20.3. The number of benzene rings is 9. The van der Waals surface area contributed by atoms with Gasteiger partial charge in [0.25, 0.3) is 6.71 Å². The molecule has 0 bridgehead atoms. The Bertz CT molecular complexity index is 4030. The molecular formula is C60H41BN4OS. The lowest BCUT2D eigenvalue weighted by molar-refractivity contribution is 0.590. The first-order valence-corrected chi connectivity index (χ1v) is 24.0. The molecule has 3 aromatic heterocycles. The highest BCUT2D eigenvalue weighted by Crippen LogP contribution is 2.56. The molecule has 0 N–H and O–H groups in total. The molecule has 7 heteroatoms. The fraction of sp³-hybridized carbons (Fsp3) is 0.0667. The van der Waals surface area contributed by atoms with Gasteiger partial charge in [0.1, 0.15) is 5.58 Å². The van der Waals surface area contributed by atoms with Crippen molar-refractivity contribution in [2.45, 2.75) is 26.2 Å². The number of para-hydroxylation sites is 5. The summed E-state index contributed by atoms with van der Waals surface area (Å²) in [7, 11) is 0. The van der Waals surface area contributed by atoms with Crippen LogP contribution in [-0.2, 0) is 5.41 Å². The Balaban J connectivity index is 1.14. The normalized spacial score (nSPS) is 13.5. The van der Waals surface area contributed by atoms with Crippen LogP contribution in [0.4, 0.5) is 51.2 Å². The van der Waals surface area contributed by atoms with E-state index in [1.807, 2.05) is 11.3 Å². The number of furan rings is 1. The molecule has 0 saturated carbocycles. The van der Waals surface area contributed by atoms with Crippen LogP contribution < -0.4 is 31.3 Å². The lowest BCUT2D eigenvalue weighted by Crippen LogP contribution is -2.61. The van der Waals surface area contributed by atoms with Gasteiger partial charge in [0.2, 0.25) is 0 Å². The second kappa shape index (κ2) is 13.3. The third kappa shape index (κ3) is 4.99. The third-order valence-corrected chi connectivity index (χ3v) is 15.8. The van der Waals surface area contributed by atoms with Crippen LogP contribution in [-0.4, -0.2) is 11.3 Å². The molecule has 316 valence electrons. The lowest BCUT2D eigenvalue weighted by atomic mass is 9.35. The monoisotopic (exact) mass is 876 g/mol. The maximum absolute atomic E-state index is 7.44. The molecule has 0 fully saturated rings. The van der Waals surface area contributed by atoms with Crippen molar-refractivity contribution in [3.8, 4) is 5.69 Å². The SMILES string of the molecule is CC(C)(C)c1ccc2oc3c(c2c1)N(c1cccc2c1sc1ccccc12)c1cc(N(c2ccccc2)c2ccccc2)cc2c1B3c1cccc3c1N2c1cccc2c4ccccc4n-3c12. The average molecular weight is 877 g/mol. The minimum atomic E-state index is -0.201. The first-order valence-electron chi connectivity index (χ1n) is 23.2. The maximum Gasteiger partial charge on any atom is 0.297 e. The van der Waals surface area contributed by atoms with Gasteiger partial charge in [0.05, 0.1) is 55.5 Å². The van der Waals surface area contributed by atoms with Gasteiger partial charge in [-0.05, 0) is 101 Å². The minimum absolute atomic E-state index is 0.0739. The van der Waals surface area contributed by atoms with Crippen molar-refractivity contribution in [2.24, 2.45) is 0 Å². The number of hydrogen-bond acceptors (Lipinski definition) is 5. The van der Waals surface area contributed by atoms with Crippen molar-refractivity contribution in [1.29, 1.82) is 0 Å². The number of hydrogen-bond donors (Lipinski definition) is 0. The number of fused-ring (bicyclic) bond motifs is 14. The van der Waals surface area contributed by atoms with Gasteiger partial charge in [0, 0.05) is 54.4 Å². The third-order valence-electron chi connectivity index (χ3n) is 14.6. The topological polar surface area (TPSA) is 27.8 Å². The smallest absolute Gasteiger partial charge is 0.297 e. The van der Waals surface area contributed by atoms with Crippen molar-refractivity contribution in [3.05, 3.63) is 200 Å². The average Bonchev–Trinajstić information content (AvgIpc) is 4.04. The van der Waals surface area contributed by atoms with Gasteiger partial charge >= 0.3 is 0 Å². The van der Waals surface area contributed by atoms with E-state index in [4.69, 9.17) is 4.42 Å². The molecule has 0 spiro atoms. The van der Waals surface area contributed by atoms with Gasteiger partial charge < -0.3 is 23.7 Å². The molecule has 0 aliphatic carbocycles. The van der Waals surface area contributed by atoms with E-state index in [-0.39, 0.29) is 12.1 Å². The fourth-order valence-corrected chi connectivity index (χ4v) is 12.9. The predicted octanol–water partition coefficient (Wildman–Crippen LogP) is 15.1. The maximum atomic E-state index is 7.44. The molecule has 6 heterocycles. The standard InChI is InChI=1S/C60H41BN4OS/c1-60(2,3)36-31-32-52-44(33-36)56-59(66-52)61-45-25-16-28-48-57(45)64(47-27-14-23-42-40-21-10-12-26-46(40)63(48)55(42)47)50-34-39(62(37-17-6-4-7-18-37)38-19-8-5-9-20-38)35-51(54(50)61)65(56)49-29-15-24-43-41-22-11-13-30-53(41)67-58(43)49/h4-35H,1-3H3. The van der Waals surface area contributed by atoms with Crippen molar-refractivity contribution in [1.82, 2.24) is 4.57 Å². The molecule has 0 amide bonds. The first kappa shape index (κ1) is 37.2. The molecule has 0 atom stereocenters. The van der Waals surface area contributed by atoms with E-state index in [0.717, 1.165) is 56.4 Å². The van der Waals surface area contributed by atoms with Crippen LogP contribution >= 0.6 is 11.3 Å². The summed E-state index contributed by atoms with van der Waals surface area (Å²) in [5.74, 6) is 0. The van der Waals surface area contributed by atoms with E-state index < -0.39 is 0 Å². The summed E-state index contributed by atoms with van der Waals surface area (Å²) < 4.78 is 12.5. The molecule has 67 heavy (non-hydrogen) atoms. The van der Waals surface area contributed by atoms with E-state index in [0.29, 0.717) is 0 Å². The van der Waals surface area contributed by atoms with E-state index in [2.05, 4.69) is 234 Å². The largest absolute Gasteiger partial charge is 0.468 e. The summed E-state index contributed by atoms with van der Waals surface area (Å²) in [4.78, 5) is 7.59. The van der Waals surface area contributed by atoms with Gasteiger partial charge in [-0.3, -0.25) is 0 Å². The molecule has 15 rings (SSSR count). The fourth-order valence-electron chi connectivity index (χ4n) is 11.7. The number of aromatic nitrogens is 1. The quantitative estimate of drug-likeness (QED) is 0.165. The zero-order chi connectivity index (χ0) is 44.3.